The van der Waals surface area contributed by atoms with Gasteiger partial charge in [0.25, 0.3) is 0 Å². The Morgan fingerprint density at radius 2 is 2.00 bits per heavy atom. The summed E-state index contributed by atoms with van der Waals surface area (Å²) in [7, 11) is -4.05. The topological polar surface area (TPSA) is 108 Å². The van der Waals surface area contributed by atoms with Gasteiger partial charge in [-0.15, -0.1) is 5.10 Å². The minimum Gasteiger partial charge on any atom is -0.391 e. The van der Waals surface area contributed by atoms with Gasteiger partial charge < -0.3 is 9.73 Å². The smallest absolute Gasteiger partial charge is 0.391 e. The SMILES string of the molecule is Cc1ccc(F)c([C@@H](C)[C@@H](c2n[nH]c(=O)o2)N2CNc3cc(Cl)ccc3S2(=O)=O)c1C. The summed E-state index contributed by atoms with van der Waals surface area (Å²) in [6, 6.07) is 6.29. The molecule has 31 heavy (non-hydrogen) atoms. The summed E-state index contributed by atoms with van der Waals surface area (Å²) in [6.07, 6.45) is 0. The second kappa shape index (κ2) is 7.77. The maximum Gasteiger partial charge on any atom is 0.434 e. The molecular formula is C20H20ClFN4O4S. The molecule has 4 rings (SSSR count). The molecule has 8 nitrogen and oxygen atoms in total. The number of nitrogens with one attached hydrogen (secondary N) is 2. The third-order valence-corrected chi connectivity index (χ3v) is 7.75. The van der Waals surface area contributed by atoms with Crippen molar-refractivity contribution in [2.24, 2.45) is 0 Å². The van der Waals surface area contributed by atoms with Crippen molar-refractivity contribution in [1.29, 1.82) is 0 Å². The molecular weight excluding hydrogens is 447 g/mol. The predicted octanol–water partition coefficient (Wildman–Crippen LogP) is 3.69. The lowest BCUT2D eigenvalue weighted by molar-refractivity contribution is 0.246. The molecule has 0 aliphatic carbocycles. The Morgan fingerprint density at radius 1 is 1.26 bits per heavy atom. The summed E-state index contributed by atoms with van der Waals surface area (Å²) in [6.45, 7) is 5.14. The first kappa shape index (κ1) is 21.5. The average Bonchev–Trinajstić information content (AvgIpc) is 3.12. The van der Waals surface area contributed by atoms with E-state index in [1.54, 1.807) is 19.9 Å². The maximum absolute atomic E-state index is 14.9. The molecule has 1 aliphatic heterocycles. The van der Waals surface area contributed by atoms with Gasteiger partial charge in [-0.1, -0.05) is 24.6 Å². The number of halogens is 2. The van der Waals surface area contributed by atoms with E-state index in [-0.39, 0.29) is 17.5 Å². The van der Waals surface area contributed by atoms with Gasteiger partial charge in [-0.25, -0.2) is 22.7 Å². The molecule has 0 radical (unpaired) electrons. The second-order valence-corrected chi connectivity index (χ2v) is 9.75. The van der Waals surface area contributed by atoms with Crippen molar-refractivity contribution >= 4 is 27.3 Å². The summed E-state index contributed by atoms with van der Waals surface area (Å²) in [5, 5.41) is 9.45. The predicted molar refractivity (Wildman–Crippen MR) is 113 cm³/mol. The van der Waals surface area contributed by atoms with Gasteiger partial charge in [0.2, 0.25) is 15.9 Å². The molecule has 3 aromatic rings. The highest BCUT2D eigenvalue weighted by molar-refractivity contribution is 7.89. The third kappa shape index (κ3) is 3.64. The van der Waals surface area contributed by atoms with Gasteiger partial charge in [-0.2, -0.15) is 4.31 Å². The molecule has 2 heterocycles. The van der Waals surface area contributed by atoms with E-state index in [1.807, 2.05) is 6.92 Å². The van der Waals surface area contributed by atoms with E-state index < -0.39 is 33.6 Å². The van der Waals surface area contributed by atoms with E-state index in [1.165, 1.54) is 24.3 Å². The van der Waals surface area contributed by atoms with Gasteiger partial charge in [0, 0.05) is 10.9 Å². The summed E-state index contributed by atoms with van der Waals surface area (Å²) in [4.78, 5) is 11.7. The Hall–Kier alpha value is -2.69. The second-order valence-electron chi connectivity index (χ2n) is 7.46. The Kier molecular flexibility index (Phi) is 5.40. The van der Waals surface area contributed by atoms with E-state index in [0.29, 0.717) is 21.8 Å². The van der Waals surface area contributed by atoms with Gasteiger partial charge in [0.15, 0.2) is 0 Å². The van der Waals surface area contributed by atoms with E-state index in [2.05, 4.69) is 15.5 Å². The van der Waals surface area contributed by atoms with Crippen molar-refractivity contribution in [2.75, 3.05) is 12.0 Å². The first-order valence-electron chi connectivity index (χ1n) is 9.47. The molecule has 0 unspecified atom stereocenters. The van der Waals surface area contributed by atoms with Crippen LogP contribution in [0.4, 0.5) is 10.1 Å². The number of aromatic nitrogens is 2. The van der Waals surface area contributed by atoms with Crippen LogP contribution in [0.2, 0.25) is 5.02 Å². The van der Waals surface area contributed by atoms with Crippen molar-refractivity contribution < 1.29 is 17.2 Å². The number of aryl methyl sites for hydroxylation is 1. The zero-order valence-corrected chi connectivity index (χ0v) is 18.5. The molecule has 0 fully saturated rings. The molecule has 0 amide bonds. The van der Waals surface area contributed by atoms with Gasteiger partial charge in [-0.3, -0.25) is 0 Å². The summed E-state index contributed by atoms with van der Waals surface area (Å²) in [5.41, 5.74) is 2.22. The molecule has 11 heteroatoms. The van der Waals surface area contributed by atoms with E-state index in [0.717, 1.165) is 9.87 Å². The van der Waals surface area contributed by atoms with Crippen LogP contribution in [0.3, 0.4) is 0 Å². The van der Waals surface area contributed by atoms with Gasteiger partial charge in [-0.05, 0) is 54.8 Å². The van der Waals surface area contributed by atoms with Crippen LogP contribution in [0.5, 0.6) is 0 Å². The van der Waals surface area contributed by atoms with Crippen molar-refractivity contribution in [1.82, 2.24) is 14.5 Å². The molecule has 2 aromatic carbocycles. The molecule has 0 saturated carbocycles. The number of aromatic amines is 1. The van der Waals surface area contributed by atoms with Crippen LogP contribution < -0.4 is 11.1 Å². The summed E-state index contributed by atoms with van der Waals surface area (Å²) in [5.74, 6) is -2.19. The quantitative estimate of drug-likeness (QED) is 0.607. The number of H-pyrrole nitrogens is 1. The van der Waals surface area contributed by atoms with Gasteiger partial charge >= 0.3 is 5.76 Å². The molecule has 0 spiro atoms. The molecule has 1 aliphatic rings. The summed E-state index contributed by atoms with van der Waals surface area (Å²) < 4.78 is 48.2. The average molecular weight is 467 g/mol. The molecule has 2 N–H and O–H groups in total. The van der Waals surface area contributed by atoms with Crippen LogP contribution in [0.15, 0.2) is 44.4 Å². The Bertz CT molecular complexity index is 1320. The highest BCUT2D eigenvalue weighted by Gasteiger charge is 2.43. The van der Waals surface area contributed by atoms with Crippen molar-refractivity contribution in [3.63, 3.8) is 0 Å². The fraction of sp³-hybridized carbons (Fsp3) is 0.300. The van der Waals surface area contributed by atoms with Gasteiger partial charge in [0.05, 0.1) is 12.4 Å². The Labute approximate surface area is 183 Å². The lowest BCUT2D eigenvalue weighted by atomic mass is 9.87. The number of rotatable bonds is 4. The molecule has 0 bridgehead atoms. The van der Waals surface area contributed by atoms with Crippen LogP contribution in [-0.2, 0) is 10.0 Å². The van der Waals surface area contributed by atoms with E-state index >= 15 is 0 Å². The number of fused-ring (bicyclic) bond motifs is 1. The Morgan fingerprint density at radius 3 is 2.68 bits per heavy atom. The molecule has 164 valence electrons. The first-order chi connectivity index (χ1) is 14.6. The first-order valence-corrected chi connectivity index (χ1v) is 11.3. The number of nitrogens with zero attached hydrogens (tertiary/aromatic N) is 2. The zero-order chi connectivity index (χ0) is 22.5. The summed E-state index contributed by atoms with van der Waals surface area (Å²) >= 11 is 5.99. The normalized spacial score (nSPS) is 17.6. The van der Waals surface area contributed by atoms with E-state index in [4.69, 9.17) is 16.0 Å². The van der Waals surface area contributed by atoms with Crippen LogP contribution in [0, 0.1) is 19.7 Å². The van der Waals surface area contributed by atoms with Crippen molar-refractivity contribution in [3.8, 4) is 0 Å². The number of hydrogen-bond donors (Lipinski definition) is 2. The molecule has 2 atom stereocenters. The lowest BCUT2D eigenvalue weighted by Gasteiger charge is -2.37. The minimum absolute atomic E-state index is 0.0136. The highest BCUT2D eigenvalue weighted by atomic mass is 35.5. The zero-order valence-electron chi connectivity index (χ0n) is 16.9. The standard InChI is InChI=1S/C20H20ClFN4O4S/c1-10-4-6-14(22)17(11(10)2)12(3)18(19-24-25-20(27)30-19)26-9-23-15-8-13(21)5-7-16(15)31(26,28)29/h4-8,12,18,23H,9H2,1-3H3,(H,25,27)/t12-,18+/m1/s1. The number of anilines is 1. The number of hydrogen-bond acceptors (Lipinski definition) is 6. The molecule has 1 aromatic heterocycles. The molecule has 0 saturated heterocycles. The van der Waals surface area contributed by atoms with Crippen LogP contribution in [0.1, 0.15) is 41.5 Å². The van der Waals surface area contributed by atoms with Crippen LogP contribution in [-0.4, -0.2) is 29.6 Å². The lowest BCUT2D eigenvalue weighted by Crippen LogP contribution is -2.44. The largest absolute Gasteiger partial charge is 0.434 e. The fourth-order valence-corrected chi connectivity index (χ4v) is 5.84. The third-order valence-electron chi connectivity index (χ3n) is 5.63. The van der Waals surface area contributed by atoms with Gasteiger partial charge in [0.1, 0.15) is 16.8 Å². The van der Waals surface area contributed by atoms with Crippen LogP contribution >= 0.6 is 11.6 Å². The maximum atomic E-state index is 14.9. The number of benzene rings is 2. The number of sulfonamides is 1. The highest BCUT2D eigenvalue weighted by Crippen LogP contribution is 2.43. The minimum atomic E-state index is -4.05. The van der Waals surface area contributed by atoms with Crippen LogP contribution in [0.25, 0.3) is 0 Å². The van der Waals surface area contributed by atoms with Crippen molar-refractivity contribution in [2.45, 2.75) is 37.6 Å². The van der Waals surface area contributed by atoms with E-state index in [9.17, 15) is 17.6 Å². The fourth-order valence-electron chi connectivity index (χ4n) is 3.96. The van der Waals surface area contributed by atoms with Crippen molar-refractivity contribution in [3.05, 3.63) is 74.3 Å². The Balaban J connectivity index is 1.89. The monoisotopic (exact) mass is 466 g/mol.